The largest absolute Gasteiger partial charge is 0.494 e. The molecule has 0 saturated heterocycles. The van der Waals surface area contributed by atoms with Crippen molar-refractivity contribution in [3.8, 4) is 5.75 Å². The van der Waals surface area contributed by atoms with Crippen LogP contribution in [-0.4, -0.2) is 33.0 Å². The van der Waals surface area contributed by atoms with Gasteiger partial charge in [0.1, 0.15) is 11.6 Å². The monoisotopic (exact) mass is 454 g/mol. The first-order valence-corrected chi connectivity index (χ1v) is 11.9. The zero-order valence-electron chi connectivity index (χ0n) is 17.7. The Hall–Kier alpha value is -2.71. The SMILES string of the molecule is C=CCn1c(CSc2ccc(C)cc2)nnc1SCC(=O)Nc1ccc(OCC)cc1. The lowest BCUT2D eigenvalue weighted by atomic mass is 10.2. The number of thioether (sulfide) groups is 2. The number of rotatable bonds is 11. The molecule has 1 aromatic heterocycles. The van der Waals surface area contributed by atoms with Crippen LogP contribution in [0.5, 0.6) is 5.75 Å². The van der Waals surface area contributed by atoms with Gasteiger partial charge in [-0.1, -0.05) is 35.5 Å². The number of aromatic nitrogens is 3. The molecule has 1 heterocycles. The minimum absolute atomic E-state index is 0.0992. The molecular weight excluding hydrogens is 428 g/mol. The molecule has 31 heavy (non-hydrogen) atoms. The summed E-state index contributed by atoms with van der Waals surface area (Å²) in [7, 11) is 0. The summed E-state index contributed by atoms with van der Waals surface area (Å²) in [6.45, 7) is 9.05. The van der Waals surface area contributed by atoms with Crippen molar-refractivity contribution >= 4 is 35.1 Å². The molecule has 0 unspecified atom stereocenters. The Bertz CT molecular complexity index is 1000. The van der Waals surface area contributed by atoms with Crippen molar-refractivity contribution in [3.63, 3.8) is 0 Å². The summed E-state index contributed by atoms with van der Waals surface area (Å²) in [6.07, 6.45) is 1.81. The van der Waals surface area contributed by atoms with E-state index in [0.29, 0.717) is 24.1 Å². The van der Waals surface area contributed by atoms with E-state index in [9.17, 15) is 4.79 Å². The Labute approximate surface area is 191 Å². The van der Waals surface area contributed by atoms with Crippen LogP contribution in [-0.2, 0) is 17.1 Å². The zero-order valence-corrected chi connectivity index (χ0v) is 19.3. The molecule has 0 saturated carbocycles. The fourth-order valence-electron chi connectivity index (χ4n) is 2.76. The molecule has 0 aliphatic carbocycles. The fourth-order valence-corrected chi connectivity index (χ4v) is 4.36. The van der Waals surface area contributed by atoms with Crippen molar-refractivity contribution in [2.24, 2.45) is 0 Å². The first kappa shape index (κ1) is 23.0. The van der Waals surface area contributed by atoms with Gasteiger partial charge in [-0.15, -0.1) is 28.5 Å². The molecule has 0 atom stereocenters. The molecule has 0 spiro atoms. The summed E-state index contributed by atoms with van der Waals surface area (Å²) in [6, 6.07) is 15.7. The van der Waals surface area contributed by atoms with Crippen molar-refractivity contribution in [2.45, 2.75) is 36.2 Å². The minimum Gasteiger partial charge on any atom is -0.494 e. The van der Waals surface area contributed by atoms with E-state index in [-0.39, 0.29) is 11.7 Å². The summed E-state index contributed by atoms with van der Waals surface area (Å²) < 4.78 is 7.42. The Morgan fingerprint density at radius 1 is 1.13 bits per heavy atom. The van der Waals surface area contributed by atoms with Crippen LogP contribution in [0.25, 0.3) is 0 Å². The lowest BCUT2D eigenvalue weighted by Crippen LogP contribution is -2.14. The molecule has 0 aliphatic heterocycles. The number of carbonyl (C=O) groups is 1. The van der Waals surface area contributed by atoms with Crippen molar-refractivity contribution in [1.82, 2.24) is 14.8 Å². The van der Waals surface area contributed by atoms with E-state index < -0.39 is 0 Å². The molecule has 1 amide bonds. The van der Waals surface area contributed by atoms with Crippen LogP contribution < -0.4 is 10.1 Å². The molecule has 0 radical (unpaired) electrons. The van der Waals surface area contributed by atoms with E-state index in [1.165, 1.54) is 22.2 Å². The first-order valence-electron chi connectivity index (χ1n) is 9.97. The lowest BCUT2D eigenvalue weighted by molar-refractivity contribution is -0.113. The van der Waals surface area contributed by atoms with E-state index in [0.717, 1.165) is 17.3 Å². The first-order chi connectivity index (χ1) is 15.1. The van der Waals surface area contributed by atoms with Crippen molar-refractivity contribution in [2.75, 3.05) is 17.7 Å². The van der Waals surface area contributed by atoms with Gasteiger partial charge in [0.2, 0.25) is 5.91 Å². The lowest BCUT2D eigenvalue weighted by Gasteiger charge is -2.09. The predicted octanol–water partition coefficient (Wildman–Crippen LogP) is 5.19. The number of nitrogens with zero attached hydrogens (tertiary/aromatic N) is 3. The third kappa shape index (κ3) is 6.90. The van der Waals surface area contributed by atoms with E-state index in [2.05, 4.69) is 53.3 Å². The van der Waals surface area contributed by atoms with Gasteiger partial charge in [-0.25, -0.2) is 0 Å². The number of anilines is 1. The molecule has 3 aromatic rings. The van der Waals surface area contributed by atoms with E-state index in [1.807, 2.05) is 41.8 Å². The van der Waals surface area contributed by atoms with Gasteiger partial charge in [-0.2, -0.15) is 0 Å². The Morgan fingerprint density at radius 2 is 1.87 bits per heavy atom. The number of ether oxygens (including phenoxy) is 1. The summed E-state index contributed by atoms with van der Waals surface area (Å²) >= 11 is 3.08. The Balaban J connectivity index is 1.57. The van der Waals surface area contributed by atoms with Gasteiger partial charge >= 0.3 is 0 Å². The third-order valence-corrected chi connectivity index (χ3v) is 6.25. The highest BCUT2D eigenvalue weighted by molar-refractivity contribution is 7.99. The average Bonchev–Trinajstić information content (AvgIpc) is 3.15. The molecule has 6 nitrogen and oxygen atoms in total. The Morgan fingerprint density at radius 3 is 2.55 bits per heavy atom. The number of carbonyl (C=O) groups excluding carboxylic acids is 1. The molecule has 0 bridgehead atoms. The standard InChI is InChI=1S/C23H26N4O2S2/c1-4-14-27-21(15-30-20-12-6-17(3)7-13-20)25-26-23(27)31-16-22(28)24-18-8-10-19(11-9-18)29-5-2/h4,6-13H,1,5,14-16H2,2-3H3,(H,24,28). The van der Waals surface area contributed by atoms with Crippen LogP contribution in [0.3, 0.4) is 0 Å². The van der Waals surface area contributed by atoms with Crippen LogP contribution in [0.1, 0.15) is 18.3 Å². The number of hydrogen-bond acceptors (Lipinski definition) is 6. The maximum absolute atomic E-state index is 12.4. The van der Waals surface area contributed by atoms with Crippen LogP contribution in [0.15, 0.2) is 71.2 Å². The van der Waals surface area contributed by atoms with Gasteiger partial charge < -0.3 is 14.6 Å². The number of nitrogens with one attached hydrogen (secondary N) is 1. The van der Waals surface area contributed by atoms with Crippen molar-refractivity contribution < 1.29 is 9.53 Å². The van der Waals surface area contributed by atoms with Gasteiger partial charge in [-0.3, -0.25) is 4.79 Å². The normalized spacial score (nSPS) is 10.6. The summed E-state index contributed by atoms with van der Waals surface area (Å²) in [5.41, 5.74) is 1.97. The minimum atomic E-state index is -0.0992. The number of aryl methyl sites for hydroxylation is 1. The van der Waals surface area contributed by atoms with E-state index >= 15 is 0 Å². The zero-order chi connectivity index (χ0) is 22.1. The maximum atomic E-state index is 12.4. The van der Waals surface area contributed by atoms with Gasteiger partial charge in [0.25, 0.3) is 0 Å². The number of amides is 1. The molecular formula is C23H26N4O2S2. The van der Waals surface area contributed by atoms with Crippen molar-refractivity contribution in [1.29, 1.82) is 0 Å². The molecule has 0 aliphatic rings. The molecule has 3 rings (SSSR count). The summed E-state index contributed by atoms with van der Waals surface area (Å²) in [4.78, 5) is 13.5. The quantitative estimate of drug-likeness (QED) is 0.317. The Kier molecular flexibility index (Phi) is 8.61. The topological polar surface area (TPSA) is 69.0 Å². The number of benzene rings is 2. The molecule has 2 aromatic carbocycles. The van der Waals surface area contributed by atoms with Gasteiger partial charge in [0.05, 0.1) is 18.1 Å². The predicted molar refractivity (Wildman–Crippen MR) is 128 cm³/mol. The van der Waals surface area contributed by atoms with Gasteiger partial charge in [0, 0.05) is 17.1 Å². The smallest absolute Gasteiger partial charge is 0.234 e. The second kappa shape index (κ2) is 11.6. The highest BCUT2D eigenvalue weighted by Crippen LogP contribution is 2.25. The third-order valence-electron chi connectivity index (χ3n) is 4.28. The second-order valence-corrected chi connectivity index (χ2v) is 8.69. The van der Waals surface area contributed by atoms with Crippen LogP contribution in [0.2, 0.25) is 0 Å². The van der Waals surface area contributed by atoms with Gasteiger partial charge in [-0.05, 0) is 50.2 Å². The van der Waals surface area contributed by atoms with Gasteiger partial charge in [0.15, 0.2) is 5.16 Å². The molecule has 0 fully saturated rings. The fraction of sp³-hybridized carbons (Fsp3) is 0.261. The number of hydrogen-bond donors (Lipinski definition) is 1. The summed E-state index contributed by atoms with van der Waals surface area (Å²) in [5, 5.41) is 12.2. The molecule has 8 heteroatoms. The van der Waals surface area contributed by atoms with Crippen LogP contribution >= 0.6 is 23.5 Å². The average molecular weight is 455 g/mol. The van der Waals surface area contributed by atoms with E-state index in [1.54, 1.807) is 11.8 Å². The number of allylic oxidation sites excluding steroid dienone is 1. The van der Waals surface area contributed by atoms with Crippen molar-refractivity contribution in [3.05, 3.63) is 72.6 Å². The van der Waals surface area contributed by atoms with E-state index in [4.69, 9.17) is 4.74 Å². The molecule has 1 N–H and O–H groups in total. The second-order valence-electron chi connectivity index (χ2n) is 6.69. The molecule has 162 valence electrons. The highest BCUT2D eigenvalue weighted by Gasteiger charge is 2.14. The van der Waals surface area contributed by atoms with Crippen LogP contribution in [0, 0.1) is 6.92 Å². The highest BCUT2D eigenvalue weighted by atomic mass is 32.2. The maximum Gasteiger partial charge on any atom is 0.234 e. The summed E-state index contributed by atoms with van der Waals surface area (Å²) in [5.74, 6) is 2.48. The van der Waals surface area contributed by atoms with Crippen LogP contribution in [0.4, 0.5) is 5.69 Å².